The molecule has 116 heavy (non-hydrogen) atoms. The van der Waals surface area contributed by atoms with E-state index in [0.717, 1.165) is 0 Å². The Morgan fingerprint density at radius 1 is 0.216 bits per heavy atom. The third kappa shape index (κ3) is 65.9. The van der Waals surface area contributed by atoms with Crippen molar-refractivity contribution < 1.29 is 142 Å². The lowest BCUT2D eigenvalue weighted by atomic mass is 10.2. The van der Waals surface area contributed by atoms with Crippen LogP contribution in [-0.2, 0) is 128 Å². The largest absolute Gasteiger partial charge is 0.491 e. The zero-order valence-corrected chi connectivity index (χ0v) is 69.5. The molecule has 0 unspecified atom stereocenters. The van der Waals surface area contributed by atoms with Crippen molar-refractivity contribution in [2.24, 2.45) is 0 Å². The van der Waals surface area contributed by atoms with Gasteiger partial charge in [-0.3, -0.25) is 0 Å². The van der Waals surface area contributed by atoms with E-state index >= 15 is 0 Å². The van der Waals surface area contributed by atoms with Gasteiger partial charge in [-0.05, 0) is 44.5 Å². The lowest BCUT2D eigenvalue weighted by Crippen LogP contribution is -2.21. The smallest absolute Gasteiger partial charge is 0.125 e. The molecule has 0 aliphatic heterocycles. The first-order chi connectivity index (χ1) is 57.2. The SMILES string of the molecule is C#Cc1cc(OC[C@@H](C)OCCOCCOCCOCCOCCOCCOCCOCCOC)cc(C#Cc2cc(OC[C@@H](C)OCCOCCOCCOCCOCCOCCOCCOCCOC)cc(C#Cc3cc(OC[C@@H](C)OCCOCCOCCOCCOCCOCCOCCOCCOC)cc(C#C)n3)n2)n1. The molecule has 0 saturated carbocycles. The Morgan fingerprint density at radius 3 is 0.509 bits per heavy atom. The van der Waals surface area contributed by atoms with Crippen LogP contribution in [0.4, 0.5) is 0 Å². The molecule has 0 N–H and O–H groups in total. The fourth-order valence-electron chi connectivity index (χ4n) is 8.83. The first kappa shape index (κ1) is 104. The fraction of sp³-hybridized carbons (Fsp3) is 0.723. The van der Waals surface area contributed by atoms with E-state index in [4.69, 9.17) is 160 Å². The first-order valence-electron chi connectivity index (χ1n) is 39.6. The molecule has 0 bridgehead atoms. The minimum atomic E-state index is -0.327. The molecule has 0 aromatic carbocycles. The molecule has 33 nitrogen and oxygen atoms in total. The van der Waals surface area contributed by atoms with Gasteiger partial charge in [0.25, 0.3) is 0 Å². The van der Waals surface area contributed by atoms with Crippen molar-refractivity contribution in [1.82, 2.24) is 15.0 Å². The fourth-order valence-corrected chi connectivity index (χ4v) is 8.83. The van der Waals surface area contributed by atoms with E-state index in [1.807, 2.05) is 20.8 Å². The number of aromatic nitrogens is 3. The van der Waals surface area contributed by atoms with Gasteiger partial charge in [-0.15, -0.1) is 12.8 Å². The number of nitrogens with zero attached hydrogens (tertiary/aromatic N) is 3. The van der Waals surface area contributed by atoms with Gasteiger partial charge in [-0.1, -0.05) is 11.8 Å². The van der Waals surface area contributed by atoms with Gasteiger partial charge in [0.05, 0.1) is 335 Å². The van der Waals surface area contributed by atoms with Crippen LogP contribution in [0.15, 0.2) is 36.4 Å². The van der Waals surface area contributed by atoms with E-state index in [-0.39, 0.29) is 38.1 Å². The summed E-state index contributed by atoms with van der Waals surface area (Å²) in [6, 6.07) is 10.1. The van der Waals surface area contributed by atoms with Crippen LogP contribution in [0.5, 0.6) is 17.2 Å². The van der Waals surface area contributed by atoms with Gasteiger partial charge in [-0.25, -0.2) is 15.0 Å². The van der Waals surface area contributed by atoms with E-state index < -0.39 is 0 Å². The second-order valence-electron chi connectivity index (χ2n) is 24.3. The molecule has 0 spiro atoms. The predicted octanol–water partition coefficient (Wildman–Crippen LogP) is 4.27. The second kappa shape index (κ2) is 80.1. The Morgan fingerprint density at radius 2 is 0.353 bits per heavy atom. The van der Waals surface area contributed by atoms with Crippen LogP contribution in [0, 0.1) is 48.4 Å². The average molecular weight is 1650 g/mol. The van der Waals surface area contributed by atoms with Crippen LogP contribution in [0.1, 0.15) is 54.9 Å². The van der Waals surface area contributed by atoms with Crippen LogP contribution < -0.4 is 14.2 Å². The molecule has 33 heteroatoms. The van der Waals surface area contributed by atoms with Crippen molar-refractivity contribution in [2.75, 3.05) is 358 Å². The molecule has 0 amide bonds. The van der Waals surface area contributed by atoms with Crippen molar-refractivity contribution in [2.45, 2.75) is 39.1 Å². The molecule has 0 saturated heterocycles. The average Bonchev–Trinajstić information content (AvgIpc) is 0.869. The quantitative estimate of drug-likeness (QED) is 0.0562. The highest BCUT2D eigenvalue weighted by atomic mass is 16.6. The number of methoxy groups -OCH3 is 3. The molecule has 0 fully saturated rings. The van der Waals surface area contributed by atoms with Crippen molar-refractivity contribution >= 4 is 0 Å². The van der Waals surface area contributed by atoms with Crippen molar-refractivity contribution in [1.29, 1.82) is 0 Å². The number of terminal acetylenes is 2. The van der Waals surface area contributed by atoms with E-state index in [2.05, 4.69) is 45.5 Å². The zero-order valence-electron chi connectivity index (χ0n) is 69.5. The van der Waals surface area contributed by atoms with E-state index in [1.165, 1.54) is 0 Å². The summed E-state index contributed by atoms with van der Waals surface area (Å²) in [7, 11) is 4.91. The van der Waals surface area contributed by atoms with Crippen LogP contribution in [0.25, 0.3) is 0 Å². The van der Waals surface area contributed by atoms with Crippen LogP contribution in [0.2, 0.25) is 0 Å². The molecule has 3 aromatic heterocycles. The molecular formula is C83H131N3O30. The van der Waals surface area contributed by atoms with Gasteiger partial charge in [0, 0.05) is 57.7 Å². The first-order valence-corrected chi connectivity index (χ1v) is 39.6. The number of hydrogen-bond donors (Lipinski definition) is 0. The van der Waals surface area contributed by atoms with E-state index in [0.29, 0.717) is 369 Å². The second-order valence-corrected chi connectivity index (χ2v) is 24.3. The van der Waals surface area contributed by atoms with Crippen molar-refractivity contribution in [3.63, 3.8) is 0 Å². The van der Waals surface area contributed by atoms with Crippen LogP contribution in [0.3, 0.4) is 0 Å². The molecule has 3 rings (SSSR count). The predicted molar refractivity (Wildman–Crippen MR) is 426 cm³/mol. The number of pyridine rings is 3. The minimum absolute atomic E-state index is 0.181. The molecule has 0 radical (unpaired) electrons. The Bertz CT molecular complexity index is 2810. The normalized spacial score (nSPS) is 12.1. The third-order valence-electron chi connectivity index (χ3n) is 14.7. The highest BCUT2D eigenvalue weighted by molar-refractivity contribution is 5.48. The van der Waals surface area contributed by atoms with E-state index in [1.54, 1.807) is 57.7 Å². The standard InChI is InChI=1S/C83H131N3O30/c1-9-75-63-81(114-69-72(3)111-60-57-108-54-51-105-48-45-102-42-39-99-36-33-96-30-27-93-24-21-90-18-15-87-6)65-77(84-75)11-13-79-67-83(116-71-74(5)113-62-59-110-56-53-107-50-47-104-44-41-101-38-35-98-32-29-95-26-23-92-20-17-89-8)68-80(86-79)14-12-78-66-82(64-76(10-2)85-78)115-70-73(4)112-61-58-109-55-52-106-49-46-103-43-40-100-37-34-97-31-28-94-25-22-91-19-16-88-7/h1-2,63-68,72-74H,15-62,69-71H2,3-8H3/t72-,73-,74-/m1/s1. The number of hydrogen-bond acceptors (Lipinski definition) is 33. The number of ether oxygens (including phenoxy) is 30. The highest BCUT2D eigenvalue weighted by Gasteiger charge is 2.12. The maximum atomic E-state index is 6.27. The Hall–Kier alpha value is -5.99. The highest BCUT2D eigenvalue weighted by Crippen LogP contribution is 2.19. The third-order valence-corrected chi connectivity index (χ3v) is 14.7. The summed E-state index contributed by atoms with van der Waals surface area (Å²) >= 11 is 0. The summed E-state index contributed by atoms with van der Waals surface area (Å²) in [5.74, 6) is 18.9. The minimum Gasteiger partial charge on any atom is -0.491 e. The molecule has 3 atom stereocenters. The van der Waals surface area contributed by atoms with Gasteiger partial charge >= 0.3 is 0 Å². The molecule has 3 aromatic rings. The lowest BCUT2D eigenvalue weighted by Gasteiger charge is -2.15. The van der Waals surface area contributed by atoms with Crippen molar-refractivity contribution in [3.05, 3.63) is 70.6 Å². The Labute approximate surface area is 687 Å². The molecule has 3 heterocycles. The van der Waals surface area contributed by atoms with Crippen LogP contribution >= 0.6 is 0 Å². The monoisotopic (exact) mass is 1650 g/mol. The maximum absolute atomic E-state index is 6.27. The summed E-state index contributed by atoms with van der Waals surface area (Å²) in [6.07, 6.45) is 10.8. The maximum Gasteiger partial charge on any atom is 0.125 e. The molecule has 0 aliphatic carbocycles. The molecule has 658 valence electrons. The van der Waals surface area contributed by atoms with Gasteiger partial charge < -0.3 is 142 Å². The summed E-state index contributed by atoms with van der Waals surface area (Å²) in [5, 5.41) is 0. The van der Waals surface area contributed by atoms with Crippen LogP contribution in [-0.4, -0.2) is 392 Å². The molecule has 0 aliphatic rings. The lowest BCUT2D eigenvalue weighted by molar-refractivity contribution is -0.0309. The zero-order chi connectivity index (χ0) is 82.8. The number of rotatable bonds is 84. The summed E-state index contributed by atoms with van der Waals surface area (Å²) in [5.41, 5.74) is 1.97. The summed E-state index contributed by atoms with van der Waals surface area (Å²) in [4.78, 5) is 13.8. The van der Waals surface area contributed by atoms with Gasteiger partial charge in [0.1, 0.15) is 71.2 Å². The Kier molecular flexibility index (Phi) is 71.9. The molecular weight excluding hydrogens is 1520 g/mol. The van der Waals surface area contributed by atoms with Gasteiger partial charge in [0.2, 0.25) is 0 Å². The topological polar surface area (TPSA) is 316 Å². The summed E-state index contributed by atoms with van der Waals surface area (Å²) < 4.78 is 168. The van der Waals surface area contributed by atoms with E-state index in [9.17, 15) is 0 Å². The summed E-state index contributed by atoms with van der Waals surface area (Å²) in [6.45, 7) is 28.5. The Balaban J connectivity index is 1.44. The van der Waals surface area contributed by atoms with Gasteiger partial charge in [-0.2, -0.15) is 0 Å². The van der Waals surface area contributed by atoms with Gasteiger partial charge in [0.15, 0.2) is 0 Å². The van der Waals surface area contributed by atoms with Crippen molar-refractivity contribution in [3.8, 4) is 65.6 Å².